The van der Waals surface area contributed by atoms with Crippen molar-refractivity contribution in [3.05, 3.63) is 74.6 Å². The number of fused-ring (bicyclic) bond motifs is 1. The van der Waals surface area contributed by atoms with E-state index in [1.807, 2.05) is 18.2 Å². The Labute approximate surface area is 189 Å². The molecule has 1 N–H and O–H groups in total. The van der Waals surface area contributed by atoms with Crippen LogP contribution in [0.5, 0.6) is 0 Å². The van der Waals surface area contributed by atoms with Crippen LogP contribution >= 0.6 is 23.1 Å². The quantitative estimate of drug-likeness (QED) is 0.259. The average molecular weight is 452 g/mol. The third kappa shape index (κ3) is 4.67. The van der Waals surface area contributed by atoms with E-state index in [2.05, 4.69) is 62.3 Å². The van der Waals surface area contributed by atoms with Crippen molar-refractivity contribution in [1.82, 2.24) is 10.2 Å². The molecule has 160 valence electrons. The minimum Gasteiger partial charge on any atom is -0.423 e. The molecule has 0 aliphatic heterocycles. The first-order valence-electron chi connectivity index (χ1n) is 10.2. The topological polar surface area (TPSA) is 68.0 Å². The van der Waals surface area contributed by atoms with Gasteiger partial charge in [0.1, 0.15) is 5.58 Å². The van der Waals surface area contributed by atoms with Gasteiger partial charge in [0.05, 0.1) is 0 Å². The fourth-order valence-electron chi connectivity index (χ4n) is 3.59. The van der Waals surface area contributed by atoms with Crippen molar-refractivity contribution in [2.75, 3.05) is 5.32 Å². The van der Waals surface area contributed by atoms with Gasteiger partial charge in [-0.3, -0.25) is 0 Å². The monoisotopic (exact) mass is 451 g/mol. The molecule has 0 spiro atoms. The largest absolute Gasteiger partial charge is 0.423 e. The Morgan fingerprint density at radius 1 is 1.10 bits per heavy atom. The number of aromatic nitrogens is 2. The zero-order valence-electron chi connectivity index (χ0n) is 18.3. The number of nitrogens with one attached hydrogen (secondary N) is 1. The van der Waals surface area contributed by atoms with Crippen molar-refractivity contribution in [2.24, 2.45) is 0 Å². The molecule has 31 heavy (non-hydrogen) atoms. The number of hydrogen-bond donors (Lipinski definition) is 1. The molecule has 4 rings (SSSR count). The predicted octanol–water partition coefficient (Wildman–Crippen LogP) is 6.73. The fraction of sp³-hybridized carbons (Fsp3) is 0.292. The maximum Gasteiger partial charge on any atom is 0.336 e. The highest BCUT2D eigenvalue weighted by Crippen LogP contribution is 2.33. The summed E-state index contributed by atoms with van der Waals surface area (Å²) in [5, 5.41) is 13.7. The minimum atomic E-state index is -0.325. The highest BCUT2D eigenvalue weighted by molar-refractivity contribution is 8.00. The first-order chi connectivity index (χ1) is 14.8. The number of aryl methyl sites for hydroxylation is 2. The summed E-state index contributed by atoms with van der Waals surface area (Å²) in [6, 6.07) is 11.9. The third-order valence-corrected chi connectivity index (χ3v) is 7.46. The normalized spacial score (nSPS) is 11.4. The molecular weight excluding hydrogens is 426 g/mol. The van der Waals surface area contributed by atoms with Crippen molar-refractivity contribution in [3.63, 3.8) is 0 Å². The van der Waals surface area contributed by atoms with E-state index in [1.54, 1.807) is 17.8 Å². The Kier molecular flexibility index (Phi) is 6.16. The van der Waals surface area contributed by atoms with Gasteiger partial charge in [0.15, 0.2) is 4.34 Å². The number of anilines is 2. The van der Waals surface area contributed by atoms with Gasteiger partial charge >= 0.3 is 5.63 Å². The van der Waals surface area contributed by atoms with Crippen LogP contribution in [0.25, 0.3) is 11.0 Å². The van der Waals surface area contributed by atoms with Gasteiger partial charge in [-0.25, -0.2) is 4.79 Å². The highest BCUT2D eigenvalue weighted by atomic mass is 32.2. The highest BCUT2D eigenvalue weighted by Gasteiger charge is 2.13. The lowest BCUT2D eigenvalue weighted by Crippen LogP contribution is -2.02. The first kappa shape index (κ1) is 21.6. The van der Waals surface area contributed by atoms with Crippen molar-refractivity contribution in [1.29, 1.82) is 0 Å². The van der Waals surface area contributed by atoms with Crippen LogP contribution in [0.15, 0.2) is 49.9 Å². The molecule has 0 saturated heterocycles. The number of rotatable bonds is 6. The third-order valence-electron chi connectivity index (χ3n) is 5.44. The Balaban J connectivity index is 1.56. The summed E-state index contributed by atoms with van der Waals surface area (Å²) < 4.78 is 6.31. The SMILES string of the molecule is Cc1cc2oc(=O)cc(CSc3nnc(Nc4cccc(C)c4C)s3)c2cc1C(C)C. The van der Waals surface area contributed by atoms with Gasteiger partial charge in [0.25, 0.3) is 0 Å². The Hall–Kier alpha value is -2.64. The van der Waals surface area contributed by atoms with E-state index in [-0.39, 0.29) is 5.63 Å². The number of nitrogens with zero attached hydrogens (tertiary/aromatic N) is 2. The van der Waals surface area contributed by atoms with Crippen LogP contribution in [0.2, 0.25) is 0 Å². The van der Waals surface area contributed by atoms with E-state index >= 15 is 0 Å². The molecule has 0 saturated carbocycles. The van der Waals surface area contributed by atoms with Gasteiger partial charge < -0.3 is 9.73 Å². The molecule has 4 aromatic rings. The molecule has 0 bridgehead atoms. The molecule has 0 amide bonds. The molecule has 0 atom stereocenters. The maximum atomic E-state index is 12.1. The van der Waals surface area contributed by atoms with Gasteiger partial charge in [-0.2, -0.15) is 0 Å². The van der Waals surface area contributed by atoms with Gasteiger partial charge in [-0.1, -0.05) is 49.1 Å². The van der Waals surface area contributed by atoms with Crippen molar-refractivity contribution < 1.29 is 4.42 Å². The molecule has 2 aromatic carbocycles. The fourth-order valence-corrected chi connectivity index (χ4v) is 5.35. The Morgan fingerprint density at radius 3 is 2.68 bits per heavy atom. The molecule has 5 nitrogen and oxygen atoms in total. The molecule has 2 heterocycles. The second-order valence-corrected chi connectivity index (χ2v) is 10.2. The number of hydrogen-bond acceptors (Lipinski definition) is 7. The second kappa shape index (κ2) is 8.85. The molecular formula is C24H25N3O2S2. The predicted molar refractivity (Wildman–Crippen MR) is 130 cm³/mol. The van der Waals surface area contributed by atoms with Gasteiger partial charge in [-0.05, 0) is 72.7 Å². The molecule has 0 radical (unpaired) electrons. The maximum absolute atomic E-state index is 12.1. The van der Waals surface area contributed by atoms with E-state index in [9.17, 15) is 4.79 Å². The molecule has 0 aliphatic carbocycles. The lowest BCUT2D eigenvalue weighted by molar-refractivity contribution is 0.559. The lowest BCUT2D eigenvalue weighted by Gasteiger charge is -2.12. The number of thioether (sulfide) groups is 1. The second-order valence-electron chi connectivity index (χ2n) is 7.98. The summed E-state index contributed by atoms with van der Waals surface area (Å²) in [6.45, 7) is 10.6. The van der Waals surface area contributed by atoms with Crippen LogP contribution in [0.4, 0.5) is 10.8 Å². The van der Waals surface area contributed by atoms with Gasteiger partial charge in [0.2, 0.25) is 5.13 Å². The first-order valence-corrected chi connectivity index (χ1v) is 12.0. The van der Waals surface area contributed by atoms with Crippen LogP contribution in [0, 0.1) is 20.8 Å². The van der Waals surface area contributed by atoms with Crippen LogP contribution in [-0.4, -0.2) is 10.2 Å². The Morgan fingerprint density at radius 2 is 1.90 bits per heavy atom. The van der Waals surface area contributed by atoms with E-state index in [1.165, 1.54) is 28.0 Å². The molecule has 0 aliphatic rings. The van der Waals surface area contributed by atoms with Gasteiger partial charge in [-0.15, -0.1) is 10.2 Å². The summed E-state index contributed by atoms with van der Waals surface area (Å²) in [4.78, 5) is 12.1. The van der Waals surface area contributed by atoms with E-state index < -0.39 is 0 Å². The zero-order valence-corrected chi connectivity index (χ0v) is 19.9. The zero-order chi connectivity index (χ0) is 22.1. The number of benzene rings is 2. The summed E-state index contributed by atoms with van der Waals surface area (Å²) >= 11 is 3.09. The summed E-state index contributed by atoms with van der Waals surface area (Å²) in [7, 11) is 0. The van der Waals surface area contributed by atoms with Gasteiger partial charge in [0, 0.05) is 22.9 Å². The van der Waals surface area contributed by atoms with Crippen LogP contribution < -0.4 is 10.9 Å². The standard InChI is InChI=1S/C24H25N3O2S2/c1-13(2)18-11-19-17(10-22(28)29-21(19)9-15(18)4)12-30-24-27-26-23(31-24)25-20-8-6-7-14(3)16(20)5/h6-11,13H,12H2,1-5H3,(H,25,26). The summed E-state index contributed by atoms with van der Waals surface area (Å²) in [5.74, 6) is 1.03. The average Bonchev–Trinajstić information content (AvgIpc) is 3.16. The summed E-state index contributed by atoms with van der Waals surface area (Å²) in [6.07, 6.45) is 0. The van der Waals surface area contributed by atoms with Crippen LogP contribution in [0.3, 0.4) is 0 Å². The molecule has 0 unspecified atom stereocenters. The Bertz CT molecular complexity index is 1310. The van der Waals surface area contributed by atoms with E-state index in [0.29, 0.717) is 17.3 Å². The smallest absolute Gasteiger partial charge is 0.336 e. The lowest BCUT2D eigenvalue weighted by atomic mass is 9.95. The van der Waals surface area contributed by atoms with E-state index in [4.69, 9.17) is 4.42 Å². The summed E-state index contributed by atoms with van der Waals surface area (Å²) in [5.41, 5.74) is 7.15. The van der Waals surface area contributed by atoms with E-state index in [0.717, 1.165) is 31.7 Å². The molecule has 2 aromatic heterocycles. The van der Waals surface area contributed by atoms with Crippen LogP contribution in [-0.2, 0) is 5.75 Å². The minimum absolute atomic E-state index is 0.325. The van der Waals surface area contributed by atoms with Crippen molar-refractivity contribution >= 4 is 44.9 Å². The molecule has 7 heteroatoms. The van der Waals surface area contributed by atoms with Crippen molar-refractivity contribution in [3.8, 4) is 0 Å². The van der Waals surface area contributed by atoms with Crippen LogP contribution in [0.1, 0.15) is 47.6 Å². The molecule has 0 fully saturated rings. The van der Waals surface area contributed by atoms with Crippen molar-refractivity contribution in [2.45, 2.75) is 50.6 Å².